The topological polar surface area (TPSA) is 12.5 Å². The first-order valence-electron chi connectivity index (χ1n) is 6.51. The minimum atomic E-state index is 0.223. The predicted octanol–water partition coefficient (Wildman–Crippen LogP) is 2.68. The van der Waals surface area contributed by atoms with Gasteiger partial charge in [-0.1, -0.05) is 20.3 Å². The second-order valence-corrected chi connectivity index (χ2v) is 5.56. The zero-order valence-corrected chi connectivity index (χ0v) is 10.5. The van der Waals surface area contributed by atoms with Crippen molar-refractivity contribution in [2.75, 3.05) is 20.2 Å². The van der Waals surface area contributed by atoms with Gasteiger partial charge in [-0.2, -0.15) is 0 Å². The van der Waals surface area contributed by atoms with Crippen LogP contribution in [0.25, 0.3) is 0 Å². The molecular formula is C13H25NO. The molecule has 2 heterocycles. The molecule has 0 saturated carbocycles. The van der Waals surface area contributed by atoms with Gasteiger partial charge in [0.2, 0.25) is 0 Å². The first kappa shape index (κ1) is 11.4. The second-order valence-electron chi connectivity index (χ2n) is 5.56. The van der Waals surface area contributed by atoms with E-state index in [0.717, 1.165) is 25.1 Å². The Hall–Kier alpha value is -0.0800. The molecule has 2 rings (SSSR count). The highest BCUT2D eigenvalue weighted by molar-refractivity contribution is 4.99. The first-order chi connectivity index (χ1) is 7.17. The molecule has 2 saturated heterocycles. The lowest BCUT2D eigenvalue weighted by Crippen LogP contribution is -2.38. The van der Waals surface area contributed by atoms with Crippen molar-refractivity contribution in [3.63, 3.8) is 0 Å². The number of likely N-dealkylation sites (tertiary alicyclic amines) is 1. The predicted molar refractivity (Wildman–Crippen MR) is 63.0 cm³/mol. The number of rotatable bonds is 2. The summed E-state index contributed by atoms with van der Waals surface area (Å²) in [7, 11) is 2.27. The molecule has 0 N–H and O–H groups in total. The molecule has 2 heteroatoms. The van der Waals surface area contributed by atoms with Crippen molar-refractivity contribution >= 4 is 0 Å². The molecular weight excluding hydrogens is 186 g/mol. The van der Waals surface area contributed by atoms with Crippen LogP contribution in [0.4, 0.5) is 0 Å². The van der Waals surface area contributed by atoms with Gasteiger partial charge in [0, 0.05) is 19.2 Å². The Balaban J connectivity index is 2.01. The fourth-order valence-corrected chi connectivity index (χ4v) is 3.28. The Labute approximate surface area is 94.0 Å². The van der Waals surface area contributed by atoms with Crippen LogP contribution in [0.1, 0.15) is 46.0 Å². The number of hydrogen-bond donors (Lipinski definition) is 0. The van der Waals surface area contributed by atoms with E-state index in [1.54, 1.807) is 0 Å². The molecule has 3 atom stereocenters. The van der Waals surface area contributed by atoms with E-state index in [9.17, 15) is 0 Å². The average Bonchev–Trinajstić information content (AvgIpc) is 2.55. The lowest BCUT2D eigenvalue weighted by atomic mass is 9.87. The number of likely N-dealkylation sites (N-methyl/N-ethyl adjacent to an activating group) is 1. The molecule has 0 aromatic rings. The van der Waals surface area contributed by atoms with Gasteiger partial charge in [0.1, 0.15) is 0 Å². The van der Waals surface area contributed by atoms with Crippen LogP contribution < -0.4 is 0 Å². The molecule has 88 valence electrons. The molecule has 2 nitrogen and oxygen atoms in total. The highest BCUT2D eigenvalue weighted by Gasteiger charge is 2.45. The normalized spacial score (nSPS) is 39.8. The molecule has 0 amide bonds. The van der Waals surface area contributed by atoms with Crippen molar-refractivity contribution in [2.45, 2.75) is 57.6 Å². The molecule has 2 aliphatic rings. The number of nitrogens with zero attached hydrogens (tertiary/aromatic N) is 1. The van der Waals surface area contributed by atoms with Crippen LogP contribution in [0.5, 0.6) is 0 Å². The van der Waals surface area contributed by atoms with E-state index in [4.69, 9.17) is 4.74 Å². The van der Waals surface area contributed by atoms with Crippen molar-refractivity contribution in [1.82, 2.24) is 4.90 Å². The summed E-state index contributed by atoms with van der Waals surface area (Å²) in [6.45, 7) is 6.82. The van der Waals surface area contributed by atoms with Crippen LogP contribution in [-0.2, 0) is 4.74 Å². The van der Waals surface area contributed by atoms with Crippen molar-refractivity contribution in [3.05, 3.63) is 0 Å². The summed E-state index contributed by atoms with van der Waals surface area (Å²) in [4.78, 5) is 2.53. The molecule has 0 aliphatic carbocycles. The maximum Gasteiger partial charge on any atom is 0.0823 e. The van der Waals surface area contributed by atoms with Gasteiger partial charge in [0.05, 0.1) is 5.60 Å². The minimum Gasteiger partial charge on any atom is -0.374 e. The quantitative estimate of drug-likeness (QED) is 0.696. The maximum atomic E-state index is 6.08. The van der Waals surface area contributed by atoms with Gasteiger partial charge in [0.25, 0.3) is 0 Å². The van der Waals surface area contributed by atoms with Crippen LogP contribution in [0.2, 0.25) is 0 Å². The van der Waals surface area contributed by atoms with E-state index in [1.807, 2.05) is 0 Å². The fraction of sp³-hybridized carbons (Fsp3) is 1.00. The molecule has 0 aromatic carbocycles. The monoisotopic (exact) mass is 211 g/mol. The summed E-state index contributed by atoms with van der Waals surface area (Å²) >= 11 is 0. The molecule has 15 heavy (non-hydrogen) atoms. The SMILES string of the molecule is CCC(C)C1CC2(CCCCO2)CN1C. The van der Waals surface area contributed by atoms with Crippen molar-refractivity contribution in [3.8, 4) is 0 Å². The molecule has 2 fully saturated rings. The van der Waals surface area contributed by atoms with Crippen molar-refractivity contribution in [1.29, 1.82) is 0 Å². The Bertz CT molecular complexity index is 211. The van der Waals surface area contributed by atoms with Gasteiger partial charge in [-0.15, -0.1) is 0 Å². The zero-order valence-electron chi connectivity index (χ0n) is 10.5. The number of hydrogen-bond acceptors (Lipinski definition) is 2. The van der Waals surface area contributed by atoms with Crippen molar-refractivity contribution in [2.24, 2.45) is 5.92 Å². The van der Waals surface area contributed by atoms with Crippen molar-refractivity contribution < 1.29 is 4.74 Å². The van der Waals surface area contributed by atoms with E-state index < -0.39 is 0 Å². The molecule has 0 radical (unpaired) electrons. The Kier molecular flexibility index (Phi) is 3.36. The van der Waals surface area contributed by atoms with Gasteiger partial charge in [-0.25, -0.2) is 0 Å². The Morgan fingerprint density at radius 3 is 2.87 bits per heavy atom. The summed E-state index contributed by atoms with van der Waals surface area (Å²) in [6.07, 6.45) is 6.45. The summed E-state index contributed by atoms with van der Waals surface area (Å²) in [5.74, 6) is 0.805. The third-order valence-corrected chi connectivity index (χ3v) is 4.42. The van der Waals surface area contributed by atoms with Gasteiger partial charge < -0.3 is 9.64 Å². The third-order valence-electron chi connectivity index (χ3n) is 4.42. The third kappa shape index (κ3) is 2.21. The van der Waals surface area contributed by atoms with Crippen LogP contribution in [0.3, 0.4) is 0 Å². The van der Waals surface area contributed by atoms with Crippen LogP contribution in [-0.4, -0.2) is 36.7 Å². The van der Waals surface area contributed by atoms with Gasteiger partial charge >= 0.3 is 0 Å². The average molecular weight is 211 g/mol. The van der Waals surface area contributed by atoms with Crippen LogP contribution in [0, 0.1) is 5.92 Å². The summed E-state index contributed by atoms with van der Waals surface area (Å²) in [5.41, 5.74) is 0.223. The van der Waals surface area contributed by atoms with Crippen LogP contribution >= 0.6 is 0 Å². The standard InChI is InChI=1S/C13H25NO/c1-4-11(2)12-9-13(10-14(12)3)7-5-6-8-15-13/h11-12H,4-10H2,1-3H3. The minimum absolute atomic E-state index is 0.223. The highest BCUT2D eigenvalue weighted by atomic mass is 16.5. The van der Waals surface area contributed by atoms with E-state index in [2.05, 4.69) is 25.8 Å². The van der Waals surface area contributed by atoms with Gasteiger partial charge in [0.15, 0.2) is 0 Å². The van der Waals surface area contributed by atoms with Gasteiger partial charge in [-0.05, 0) is 38.6 Å². The van der Waals surface area contributed by atoms with E-state index in [1.165, 1.54) is 32.1 Å². The Morgan fingerprint density at radius 2 is 2.27 bits per heavy atom. The maximum absolute atomic E-state index is 6.08. The summed E-state index contributed by atoms with van der Waals surface area (Å²) < 4.78 is 6.08. The van der Waals surface area contributed by atoms with Gasteiger partial charge in [-0.3, -0.25) is 0 Å². The second kappa shape index (κ2) is 4.42. The highest BCUT2D eigenvalue weighted by Crippen LogP contribution is 2.39. The molecule has 1 spiro atoms. The number of ether oxygens (including phenoxy) is 1. The summed E-state index contributed by atoms with van der Waals surface area (Å²) in [6, 6.07) is 0.744. The Morgan fingerprint density at radius 1 is 1.47 bits per heavy atom. The summed E-state index contributed by atoms with van der Waals surface area (Å²) in [5, 5.41) is 0. The van der Waals surface area contributed by atoms with E-state index in [0.29, 0.717) is 0 Å². The van der Waals surface area contributed by atoms with E-state index in [-0.39, 0.29) is 5.60 Å². The molecule has 0 bridgehead atoms. The fourth-order valence-electron chi connectivity index (χ4n) is 3.28. The smallest absolute Gasteiger partial charge is 0.0823 e. The molecule has 2 aliphatic heterocycles. The van der Waals surface area contributed by atoms with Crippen LogP contribution in [0.15, 0.2) is 0 Å². The zero-order chi connectivity index (χ0) is 10.9. The first-order valence-corrected chi connectivity index (χ1v) is 6.51. The molecule has 0 aromatic heterocycles. The molecule has 3 unspecified atom stereocenters. The van der Waals surface area contributed by atoms with E-state index >= 15 is 0 Å². The lowest BCUT2D eigenvalue weighted by Gasteiger charge is -2.33. The lowest BCUT2D eigenvalue weighted by molar-refractivity contribution is -0.0692. The largest absolute Gasteiger partial charge is 0.374 e.